The molecule has 2 rings (SSSR count). The normalized spacial score (nSPS) is 25.6. The van der Waals surface area contributed by atoms with E-state index < -0.39 is 17.8 Å². The molecule has 0 spiro atoms. The second-order valence-electron chi connectivity index (χ2n) is 5.54. The van der Waals surface area contributed by atoms with E-state index in [2.05, 4.69) is 10.4 Å². The molecule has 1 aliphatic rings. The molecule has 1 aliphatic carbocycles. The Morgan fingerprint density at radius 3 is 2.70 bits per heavy atom. The van der Waals surface area contributed by atoms with Crippen molar-refractivity contribution in [3.63, 3.8) is 0 Å². The van der Waals surface area contributed by atoms with Crippen molar-refractivity contribution in [2.75, 3.05) is 0 Å². The number of nitrogens with zero attached hydrogens (tertiary/aromatic N) is 2. The van der Waals surface area contributed by atoms with Gasteiger partial charge in [-0.05, 0) is 18.8 Å². The molecule has 0 radical (unpaired) electrons. The van der Waals surface area contributed by atoms with Crippen molar-refractivity contribution >= 4 is 11.9 Å². The quantitative estimate of drug-likeness (QED) is 0.847. The zero-order valence-corrected chi connectivity index (χ0v) is 11.9. The van der Waals surface area contributed by atoms with Crippen LogP contribution in [0.3, 0.4) is 0 Å². The minimum Gasteiger partial charge on any atom is -0.481 e. The van der Waals surface area contributed by atoms with Crippen LogP contribution in [0.25, 0.3) is 0 Å². The maximum Gasteiger partial charge on any atom is 0.307 e. The number of carbonyl (C=O) groups is 2. The highest BCUT2D eigenvalue weighted by Gasteiger charge is 2.41. The molecular weight excluding hydrogens is 258 g/mol. The number of aryl methyl sites for hydroxylation is 1. The standard InChI is InChI=1S/C14H21N3O3/c1-3-9-4-11(12(5-9)14(19)20)13(18)15-6-10-7-16-17(2)8-10/h7-9,11-12H,3-6H2,1-2H3,(H,15,18)(H,19,20). The van der Waals surface area contributed by atoms with Gasteiger partial charge < -0.3 is 10.4 Å². The summed E-state index contributed by atoms with van der Waals surface area (Å²) >= 11 is 0. The molecule has 0 bridgehead atoms. The molecule has 20 heavy (non-hydrogen) atoms. The molecule has 3 atom stereocenters. The summed E-state index contributed by atoms with van der Waals surface area (Å²) in [5.74, 6) is -1.63. The first kappa shape index (κ1) is 14.6. The Balaban J connectivity index is 1.95. The zero-order chi connectivity index (χ0) is 14.7. The second-order valence-corrected chi connectivity index (χ2v) is 5.54. The topological polar surface area (TPSA) is 84.2 Å². The van der Waals surface area contributed by atoms with Crippen LogP contribution in [-0.2, 0) is 23.2 Å². The van der Waals surface area contributed by atoms with Gasteiger partial charge in [-0.1, -0.05) is 13.3 Å². The Kier molecular flexibility index (Phi) is 4.42. The molecule has 6 nitrogen and oxygen atoms in total. The van der Waals surface area contributed by atoms with Gasteiger partial charge in [0.1, 0.15) is 0 Å². The number of carboxylic acid groups (broad SMARTS) is 1. The molecule has 1 fully saturated rings. The molecule has 3 unspecified atom stereocenters. The average Bonchev–Trinajstić information content (AvgIpc) is 3.02. The van der Waals surface area contributed by atoms with E-state index in [0.29, 0.717) is 25.3 Å². The Bertz CT molecular complexity index is 498. The number of aliphatic carboxylic acids is 1. The van der Waals surface area contributed by atoms with E-state index in [9.17, 15) is 14.7 Å². The van der Waals surface area contributed by atoms with Gasteiger partial charge in [-0.15, -0.1) is 0 Å². The van der Waals surface area contributed by atoms with Crippen molar-refractivity contribution in [2.45, 2.75) is 32.7 Å². The summed E-state index contributed by atoms with van der Waals surface area (Å²) < 4.78 is 1.67. The number of rotatable bonds is 5. The lowest BCUT2D eigenvalue weighted by molar-refractivity contribution is -0.146. The summed E-state index contributed by atoms with van der Waals surface area (Å²) in [6.45, 7) is 2.44. The van der Waals surface area contributed by atoms with E-state index in [0.717, 1.165) is 12.0 Å². The van der Waals surface area contributed by atoms with Gasteiger partial charge in [-0.25, -0.2) is 0 Å². The van der Waals surface area contributed by atoms with Crippen molar-refractivity contribution in [3.8, 4) is 0 Å². The van der Waals surface area contributed by atoms with Gasteiger partial charge in [-0.3, -0.25) is 14.3 Å². The Hall–Kier alpha value is -1.85. The fraction of sp³-hybridized carbons (Fsp3) is 0.643. The number of carbonyl (C=O) groups excluding carboxylic acids is 1. The van der Waals surface area contributed by atoms with Gasteiger partial charge >= 0.3 is 5.97 Å². The van der Waals surface area contributed by atoms with Crippen LogP contribution in [0.2, 0.25) is 0 Å². The molecule has 1 amide bonds. The summed E-state index contributed by atoms with van der Waals surface area (Å²) in [7, 11) is 1.81. The van der Waals surface area contributed by atoms with Gasteiger partial charge in [0.15, 0.2) is 0 Å². The fourth-order valence-corrected chi connectivity index (χ4v) is 2.92. The number of hydrogen-bond acceptors (Lipinski definition) is 3. The lowest BCUT2D eigenvalue weighted by atomic mass is 9.95. The van der Waals surface area contributed by atoms with Crippen molar-refractivity contribution in [3.05, 3.63) is 18.0 Å². The number of amides is 1. The Labute approximate surface area is 118 Å². The lowest BCUT2D eigenvalue weighted by Gasteiger charge is -2.15. The molecule has 1 heterocycles. The van der Waals surface area contributed by atoms with E-state index in [-0.39, 0.29) is 5.91 Å². The third-order valence-electron chi connectivity index (χ3n) is 4.12. The number of aromatic nitrogens is 2. The first-order valence-electron chi connectivity index (χ1n) is 6.99. The van der Waals surface area contributed by atoms with Crippen LogP contribution < -0.4 is 5.32 Å². The molecule has 0 saturated heterocycles. The van der Waals surface area contributed by atoms with Gasteiger partial charge in [0.05, 0.1) is 18.0 Å². The molecular formula is C14H21N3O3. The maximum atomic E-state index is 12.2. The van der Waals surface area contributed by atoms with E-state index in [4.69, 9.17) is 0 Å². The predicted octanol–water partition coefficient (Wildman–Crippen LogP) is 1.17. The minimum atomic E-state index is -0.859. The molecule has 1 aromatic heterocycles. The van der Waals surface area contributed by atoms with Crippen LogP contribution >= 0.6 is 0 Å². The SMILES string of the molecule is CCC1CC(C(=O)O)C(C(=O)NCc2cnn(C)c2)C1. The van der Waals surface area contributed by atoms with Gasteiger partial charge in [0.2, 0.25) is 5.91 Å². The smallest absolute Gasteiger partial charge is 0.307 e. The second kappa shape index (κ2) is 6.07. The van der Waals surface area contributed by atoms with Crippen molar-refractivity contribution in [1.82, 2.24) is 15.1 Å². The largest absolute Gasteiger partial charge is 0.481 e. The van der Waals surface area contributed by atoms with Crippen LogP contribution in [-0.4, -0.2) is 26.8 Å². The summed E-state index contributed by atoms with van der Waals surface area (Å²) in [5.41, 5.74) is 0.915. The molecule has 0 aromatic carbocycles. The summed E-state index contributed by atoms with van der Waals surface area (Å²) in [6, 6.07) is 0. The van der Waals surface area contributed by atoms with E-state index in [1.165, 1.54) is 0 Å². The van der Waals surface area contributed by atoms with Crippen molar-refractivity contribution in [2.24, 2.45) is 24.8 Å². The molecule has 110 valence electrons. The highest BCUT2D eigenvalue weighted by Crippen LogP contribution is 2.38. The number of nitrogens with one attached hydrogen (secondary N) is 1. The van der Waals surface area contributed by atoms with E-state index >= 15 is 0 Å². The summed E-state index contributed by atoms with van der Waals surface area (Å²) in [4.78, 5) is 23.5. The van der Waals surface area contributed by atoms with Crippen LogP contribution in [0.15, 0.2) is 12.4 Å². The van der Waals surface area contributed by atoms with E-state index in [1.807, 2.05) is 20.2 Å². The Morgan fingerprint density at radius 1 is 1.45 bits per heavy atom. The van der Waals surface area contributed by atoms with Crippen LogP contribution in [0.5, 0.6) is 0 Å². The van der Waals surface area contributed by atoms with Gasteiger partial charge in [0.25, 0.3) is 0 Å². The third-order valence-corrected chi connectivity index (χ3v) is 4.12. The Morgan fingerprint density at radius 2 is 2.15 bits per heavy atom. The first-order chi connectivity index (χ1) is 9.51. The van der Waals surface area contributed by atoms with Gasteiger partial charge in [-0.2, -0.15) is 5.10 Å². The highest BCUT2D eigenvalue weighted by atomic mass is 16.4. The van der Waals surface area contributed by atoms with E-state index in [1.54, 1.807) is 10.9 Å². The lowest BCUT2D eigenvalue weighted by Crippen LogP contribution is -2.34. The molecule has 6 heteroatoms. The zero-order valence-electron chi connectivity index (χ0n) is 11.9. The van der Waals surface area contributed by atoms with Crippen molar-refractivity contribution in [1.29, 1.82) is 0 Å². The summed E-state index contributed by atoms with van der Waals surface area (Å²) in [5, 5.41) is 16.1. The van der Waals surface area contributed by atoms with Crippen molar-refractivity contribution < 1.29 is 14.7 Å². The molecule has 1 saturated carbocycles. The molecule has 1 aromatic rings. The molecule has 0 aliphatic heterocycles. The third kappa shape index (κ3) is 3.18. The highest BCUT2D eigenvalue weighted by molar-refractivity contribution is 5.85. The maximum absolute atomic E-state index is 12.2. The number of hydrogen-bond donors (Lipinski definition) is 2. The van der Waals surface area contributed by atoms with Crippen LogP contribution in [0.4, 0.5) is 0 Å². The fourth-order valence-electron chi connectivity index (χ4n) is 2.92. The van der Waals surface area contributed by atoms with Crippen LogP contribution in [0, 0.1) is 17.8 Å². The monoisotopic (exact) mass is 279 g/mol. The van der Waals surface area contributed by atoms with Crippen LogP contribution in [0.1, 0.15) is 31.7 Å². The number of carboxylic acids is 1. The molecule has 2 N–H and O–H groups in total. The van der Waals surface area contributed by atoms with Gasteiger partial charge in [0, 0.05) is 25.4 Å². The predicted molar refractivity (Wildman–Crippen MR) is 72.7 cm³/mol. The minimum absolute atomic E-state index is 0.155. The summed E-state index contributed by atoms with van der Waals surface area (Å²) in [6.07, 6.45) is 5.73. The average molecular weight is 279 g/mol. The first-order valence-corrected chi connectivity index (χ1v) is 6.99.